The van der Waals surface area contributed by atoms with Gasteiger partial charge in [-0.05, 0) is 43.2 Å². The van der Waals surface area contributed by atoms with Crippen LogP contribution in [0.3, 0.4) is 0 Å². The molecule has 7 nitrogen and oxygen atoms in total. The minimum absolute atomic E-state index is 0.0132. The van der Waals surface area contributed by atoms with E-state index in [1.54, 1.807) is 17.0 Å². The Morgan fingerprint density at radius 2 is 1.86 bits per heavy atom. The quantitative estimate of drug-likeness (QED) is 0.645. The lowest BCUT2D eigenvalue weighted by atomic mass is 9.92. The van der Waals surface area contributed by atoms with E-state index in [9.17, 15) is 14.0 Å². The van der Waals surface area contributed by atoms with Gasteiger partial charge in [0.15, 0.2) is 0 Å². The van der Waals surface area contributed by atoms with Crippen molar-refractivity contribution >= 4 is 12.0 Å². The van der Waals surface area contributed by atoms with Gasteiger partial charge >= 0.3 is 6.09 Å². The molecule has 2 amide bonds. The molecular weight excluding hydrogens is 379 g/mol. The molecule has 8 heteroatoms. The molecule has 2 aliphatic rings. The fourth-order valence-corrected chi connectivity index (χ4v) is 3.90. The molecule has 0 atom stereocenters. The standard InChI is InChI=1S/C21H29FN2O5/c22-19-11-18(4-3-17(19)10-20(26)24-12-16(13-24)14-25)29-9-1-2-15-5-7-23(8-6-15)21(27)28/h3-4,11,15-16,25H,1-2,5-10,12-14H2,(H,27,28). The van der Waals surface area contributed by atoms with Crippen LogP contribution in [0.1, 0.15) is 31.2 Å². The fourth-order valence-electron chi connectivity index (χ4n) is 3.90. The molecule has 0 spiro atoms. The Morgan fingerprint density at radius 3 is 2.48 bits per heavy atom. The number of rotatable bonds is 8. The highest BCUT2D eigenvalue weighted by Gasteiger charge is 2.30. The molecular formula is C21H29FN2O5. The zero-order valence-electron chi connectivity index (χ0n) is 16.6. The number of benzene rings is 1. The van der Waals surface area contributed by atoms with Crippen molar-refractivity contribution < 1.29 is 28.9 Å². The van der Waals surface area contributed by atoms with Crippen molar-refractivity contribution in [3.63, 3.8) is 0 Å². The molecule has 2 aliphatic heterocycles. The number of piperidine rings is 1. The van der Waals surface area contributed by atoms with Crippen LogP contribution < -0.4 is 4.74 Å². The first-order chi connectivity index (χ1) is 14.0. The summed E-state index contributed by atoms with van der Waals surface area (Å²) >= 11 is 0. The van der Waals surface area contributed by atoms with Gasteiger partial charge in [-0.2, -0.15) is 0 Å². The second-order valence-electron chi connectivity index (χ2n) is 7.98. The summed E-state index contributed by atoms with van der Waals surface area (Å²) in [5.41, 5.74) is 0.347. The fraction of sp³-hybridized carbons (Fsp3) is 0.619. The summed E-state index contributed by atoms with van der Waals surface area (Å²) in [6.07, 6.45) is 2.71. The van der Waals surface area contributed by atoms with Crippen LogP contribution in [0.15, 0.2) is 18.2 Å². The molecule has 0 aliphatic carbocycles. The van der Waals surface area contributed by atoms with Crippen LogP contribution in [0.2, 0.25) is 0 Å². The highest BCUT2D eigenvalue weighted by molar-refractivity contribution is 5.79. The molecule has 1 aromatic carbocycles. The van der Waals surface area contributed by atoms with Gasteiger partial charge in [-0.15, -0.1) is 0 Å². The molecule has 0 aromatic heterocycles. The Labute approximate surface area is 170 Å². The number of hydrogen-bond donors (Lipinski definition) is 2. The zero-order valence-corrected chi connectivity index (χ0v) is 16.6. The van der Waals surface area contributed by atoms with Crippen molar-refractivity contribution in [1.82, 2.24) is 9.80 Å². The largest absolute Gasteiger partial charge is 0.493 e. The van der Waals surface area contributed by atoms with Crippen molar-refractivity contribution in [1.29, 1.82) is 0 Å². The van der Waals surface area contributed by atoms with Crippen LogP contribution in [-0.4, -0.2) is 71.4 Å². The van der Waals surface area contributed by atoms with E-state index in [1.807, 2.05) is 0 Å². The molecule has 0 unspecified atom stereocenters. The number of aliphatic hydroxyl groups is 1. The third-order valence-electron chi connectivity index (χ3n) is 5.84. The van der Waals surface area contributed by atoms with Crippen LogP contribution in [0.25, 0.3) is 0 Å². The van der Waals surface area contributed by atoms with Crippen LogP contribution in [0.5, 0.6) is 5.75 Å². The molecule has 2 saturated heterocycles. The molecule has 0 bridgehead atoms. The van der Waals surface area contributed by atoms with E-state index >= 15 is 0 Å². The predicted octanol–water partition coefficient (Wildman–Crippen LogP) is 2.37. The topological polar surface area (TPSA) is 90.3 Å². The molecule has 3 rings (SSSR count). The Hall–Kier alpha value is -2.35. The Balaban J connectivity index is 1.36. The van der Waals surface area contributed by atoms with Crippen molar-refractivity contribution in [2.45, 2.75) is 32.1 Å². The summed E-state index contributed by atoms with van der Waals surface area (Å²) < 4.78 is 19.9. The van der Waals surface area contributed by atoms with E-state index in [2.05, 4.69) is 0 Å². The Morgan fingerprint density at radius 1 is 1.14 bits per heavy atom. The monoisotopic (exact) mass is 408 g/mol. The van der Waals surface area contributed by atoms with Gasteiger partial charge in [0, 0.05) is 44.8 Å². The van der Waals surface area contributed by atoms with Crippen molar-refractivity contribution in [3.05, 3.63) is 29.6 Å². The van der Waals surface area contributed by atoms with Crippen LogP contribution in [-0.2, 0) is 11.2 Å². The van der Waals surface area contributed by atoms with Gasteiger partial charge in [-0.3, -0.25) is 4.79 Å². The second kappa shape index (κ2) is 9.91. The summed E-state index contributed by atoms with van der Waals surface area (Å²) in [6.45, 7) is 2.80. The molecule has 160 valence electrons. The van der Waals surface area contributed by atoms with E-state index in [4.69, 9.17) is 14.9 Å². The number of carbonyl (C=O) groups excluding carboxylic acids is 1. The lowest BCUT2D eigenvalue weighted by Crippen LogP contribution is -2.51. The predicted molar refractivity (Wildman–Crippen MR) is 104 cm³/mol. The molecule has 2 heterocycles. The third-order valence-corrected chi connectivity index (χ3v) is 5.84. The van der Waals surface area contributed by atoms with Gasteiger partial charge in [0.2, 0.25) is 5.91 Å². The number of halogens is 1. The van der Waals surface area contributed by atoms with Crippen LogP contribution in [0.4, 0.5) is 9.18 Å². The summed E-state index contributed by atoms with van der Waals surface area (Å²) in [5, 5.41) is 18.0. The maximum atomic E-state index is 14.3. The van der Waals surface area contributed by atoms with Crippen molar-refractivity contribution in [2.24, 2.45) is 11.8 Å². The first-order valence-corrected chi connectivity index (χ1v) is 10.2. The highest BCUT2D eigenvalue weighted by atomic mass is 19.1. The highest BCUT2D eigenvalue weighted by Crippen LogP contribution is 2.23. The average Bonchev–Trinajstić information content (AvgIpc) is 2.67. The molecule has 2 N–H and O–H groups in total. The Bertz CT molecular complexity index is 715. The van der Waals surface area contributed by atoms with Gasteiger partial charge in [0.25, 0.3) is 0 Å². The minimum atomic E-state index is -0.849. The normalized spacial score (nSPS) is 17.9. The van der Waals surface area contributed by atoms with E-state index in [0.29, 0.717) is 50.0 Å². The summed E-state index contributed by atoms with van der Waals surface area (Å²) in [7, 11) is 0. The SMILES string of the molecule is O=C(O)N1CCC(CCCOc2ccc(CC(=O)N3CC(CO)C3)c(F)c2)CC1. The smallest absolute Gasteiger partial charge is 0.407 e. The van der Waals surface area contributed by atoms with E-state index < -0.39 is 11.9 Å². The van der Waals surface area contributed by atoms with E-state index in [1.165, 1.54) is 11.0 Å². The van der Waals surface area contributed by atoms with Crippen LogP contribution >= 0.6 is 0 Å². The molecule has 2 fully saturated rings. The lowest BCUT2D eigenvalue weighted by molar-refractivity contribution is -0.137. The molecule has 0 saturated carbocycles. The number of amides is 2. The second-order valence-corrected chi connectivity index (χ2v) is 7.98. The maximum absolute atomic E-state index is 14.3. The van der Waals surface area contributed by atoms with E-state index in [-0.39, 0.29) is 24.9 Å². The molecule has 29 heavy (non-hydrogen) atoms. The van der Waals surface area contributed by atoms with Gasteiger partial charge in [-0.25, -0.2) is 9.18 Å². The summed E-state index contributed by atoms with van der Waals surface area (Å²) in [6, 6.07) is 4.60. The van der Waals surface area contributed by atoms with Crippen molar-refractivity contribution in [2.75, 3.05) is 39.4 Å². The van der Waals surface area contributed by atoms with Gasteiger partial charge in [0.05, 0.1) is 13.0 Å². The summed E-state index contributed by atoms with van der Waals surface area (Å²) in [5.74, 6) is 0.520. The zero-order chi connectivity index (χ0) is 20.8. The lowest BCUT2D eigenvalue weighted by Gasteiger charge is -2.38. The number of aliphatic hydroxyl groups excluding tert-OH is 1. The molecule has 0 radical (unpaired) electrons. The Kier molecular flexibility index (Phi) is 7.30. The number of carboxylic acid groups (broad SMARTS) is 1. The van der Waals surface area contributed by atoms with Gasteiger partial charge < -0.3 is 24.7 Å². The number of carbonyl (C=O) groups is 2. The summed E-state index contributed by atoms with van der Waals surface area (Å²) in [4.78, 5) is 26.1. The first kappa shape index (κ1) is 21.4. The number of hydrogen-bond acceptors (Lipinski definition) is 4. The van der Waals surface area contributed by atoms with Crippen molar-refractivity contribution in [3.8, 4) is 5.75 Å². The van der Waals surface area contributed by atoms with Crippen LogP contribution in [0, 0.1) is 17.7 Å². The first-order valence-electron chi connectivity index (χ1n) is 10.2. The average molecular weight is 408 g/mol. The number of nitrogens with zero attached hydrogens (tertiary/aromatic N) is 2. The van der Waals surface area contributed by atoms with Gasteiger partial charge in [0.1, 0.15) is 11.6 Å². The van der Waals surface area contributed by atoms with E-state index in [0.717, 1.165) is 25.7 Å². The van der Waals surface area contributed by atoms with Gasteiger partial charge in [-0.1, -0.05) is 6.07 Å². The maximum Gasteiger partial charge on any atom is 0.407 e. The molecule has 1 aromatic rings. The third kappa shape index (κ3) is 5.82. The number of ether oxygens (including phenoxy) is 1. The minimum Gasteiger partial charge on any atom is -0.493 e. The number of likely N-dealkylation sites (tertiary alicyclic amines) is 2.